The lowest BCUT2D eigenvalue weighted by molar-refractivity contribution is -0.374. The molecule has 0 unspecified atom stereocenters. The number of hydrogen-bond acceptors (Lipinski definition) is 3. The molecule has 3 heteroatoms. The van der Waals surface area contributed by atoms with E-state index in [-0.39, 0.29) is 6.61 Å². The highest BCUT2D eigenvalue weighted by Gasteiger charge is 1.82. The van der Waals surface area contributed by atoms with E-state index in [4.69, 9.17) is 9.47 Å². The second-order valence-corrected chi connectivity index (χ2v) is 1.51. The number of rotatable bonds is 6. The Morgan fingerprint density at radius 2 is 1.78 bits per heavy atom. The Hall–Kier alpha value is -0.120. The molecule has 56 valence electrons. The van der Waals surface area contributed by atoms with Gasteiger partial charge in [0.15, 0.2) is 0 Å². The Morgan fingerprint density at radius 3 is 2.33 bits per heavy atom. The van der Waals surface area contributed by atoms with Crippen molar-refractivity contribution < 1.29 is 14.6 Å². The SMILES string of the molecule is CCOCCOCC[O-]. The van der Waals surface area contributed by atoms with Crippen LogP contribution in [0.1, 0.15) is 6.92 Å². The van der Waals surface area contributed by atoms with Crippen molar-refractivity contribution in [3.63, 3.8) is 0 Å². The normalized spacial score (nSPS) is 10.0. The summed E-state index contributed by atoms with van der Waals surface area (Å²) < 4.78 is 9.80. The second-order valence-electron chi connectivity index (χ2n) is 1.51. The molecule has 0 aliphatic heterocycles. The average molecular weight is 133 g/mol. The summed E-state index contributed by atoms with van der Waals surface area (Å²) in [6.45, 7) is 3.90. The fourth-order valence-corrected chi connectivity index (χ4v) is 0.423. The van der Waals surface area contributed by atoms with Gasteiger partial charge in [-0.15, -0.1) is 6.61 Å². The van der Waals surface area contributed by atoms with E-state index in [0.29, 0.717) is 26.4 Å². The molecule has 0 aliphatic rings. The molecule has 0 saturated heterocycles. The zero-order valence-electron chi connectivity index (χ0n) is 5.76. The third-order valence-electron chi connectivity index (χ3n) is 0.804. The van der Waals surface area contributed by atoms with Crippen molar-refractivity contribution in [2.45, 2.75) is 6.92 Å². The Bertz CT molecular complexity index is 41.6. The van der Waals surface area contributed by atoms with Gasteiger partial charge < -0.3 is 14.6 Å². The summed E-state index contributed by atoms with van der Waals surface area (Å²) >= 11 is 0. The Morgan fingerprint density at radius 1 is 1.11 bits per heavy atom. The lowest BCUT2D eigenvalue weighted by atomic mass is 10.7. The van der Waals surface area contributed by atoms with Crippen LogP contribution in [0.25, 0.3) is 0 Å². The fraction of sp³-hybridized carbons (Fsp3) is 1.00. The van der Waals surface area contributed by atoms with E-state index in [1.165, 1.54) is 0 Å². The van der Waals surface area contributed by atoms with E-state index in [9.17, 15) is 5.11 Å². The first-order valence-corrected chi connectivity index (χ1v) is 3.15. The predicted octanol–water partition coefficient (Wildman–Crippen LogP) is -0.600. The molecule has 9 heavy (non-hydrogen) atoms. The third-order valence-corrected chi connectivity index (χ3v) is 0.804. The second kappa shape index (κ2) is 7.88. The molecule has 0 atom stereocenters. The van der Waals surface area contributed by atoms with Crippen LogP contribution in [0.2, 0.25) is 0 Å². The summed E-state index contributed by atoms with van der Waals surface area (Å²) in [5, 5.41) is 9.80. The predicted molar refractivity (Wildman–Crippen MR) is 32.2 cm³/mol. The van der Waals surface area contributed by atoms with Gasteiger partial charge in [-0.2, -0.15) is 0 Å². The number of hydrogen-bond donors (Lipinski definition) is 0. The van der Waals surface area contributed by atoms with E-state index >= 15 is 0 Å². The summed E-state index contributed by atoms with van der Waals surface area (Å²) in [6, 6.07) is 0. The van der Waals surface area contributed by atoms with Crippen LogP contribution in [-0.2, 0) is 9.47 Å². The Balaban J connectivity index is 2.60. The van der Waals surface area contributed by atoms with Crippen LogP contribution < -0.4 is 5.11 Å². The minimum atomic E-state index is -0.161. The molecule has 0 bridgehead atoms. The van der Waals surface area contributed by atoms with Crippen LogP contribution in [0, 0.1) is 0 Å². The maximum Gasteiger partial charge on any atom is 0.0700 e. The van der Waals surface area contributed by atoms with Gasteiger partial charge in [0.1, 0.15) is 0 Å². The van der Waals surface area contributed by atoms with Crippen molar-refractivity contribution in [2.75, 3.05) is 33.0 Å². The van der Waals surface area contributed by atoms with Crippen molar-refractivity contribution >= 4 is 0 Å². The quantitative estimate of drug-likeness (QED) is 0.454. The molecule has 0 fully saturated rings. The van der Waals surface area contributed by atoms with Crippen molar-refractivity contribution in [1.82, 2.24) is 0 Å². The molecule has 0 aromatic heterocycles. The standard InChI is InChI=1S/C6H13O3/c1-2-8-5-6-9-4-3-7/h2-6H2,1H3/q-1. The largest absolute Gasteiger partial charge is 0.853 e. The first-order valence-electron chi connectivity index (χ1n) is 3.15. The van der Waals surface area contributed by atoms with E-state index in [1.807, 2.05) is 6.92 Å². The van der Waals surface area contributed by atoms with Crippen LogP contribution in [0.15, 0.2) is 0 Å². The fourth-order valence-electron chi connectivity index (χ4n) is 0.423. The van der Waals surface area contributed by atoms with Gasteiger partial charge in [-0.25, -0.2) is 0 Å². The molecule has 0 saturated carbocycles. The van der Waals surface area contributed by atoms with Crippen LogP contribution >= 0.6 is 0 Å². The molecule has 0 aliphatic carbocycles. The Labute approximate surface area is 55.6 Å². The highest BCUT2D eigenvalue weighted by atomic mass is 16.5. The highest BCUT2D eigenvalue weighted by molar-refractivity contribution is 4.27. The van der Waals surface area contributed by atoms with E-state index in [2.05, 4.69) is 0 Å². The van der Waals surface area contributed by atoms with E-state index in [1.54, 1.807) is 0 Å². The van der Waals surface area contributed by atoms with Gasteiger partial charge in [0.25, 0.3) is 0 Å². The smallest absolute Gasteiger partial charge is 0.0700 e. The molecule has 0 spiro atoms. The maximum atomic E-state index is 9.80. The minimum absolute atomic E-state index is 0.161. The summed E-state index contributed by atoms with van der Waals surface area (Å²) in [6.07, 6.45) is 0. The molecular formula is C6H13O3-. The van der Waals surface area contributed by atoms with Crippen LogP contribution in [0.5, 0.6) is 0 Å². The van der Waals surface area contributed by atoms with E-state index < -0.39 is 0 Å². The Kier molecular flexibility index (Phi) is 7.77. The molecule has 0 aromatic rings. The highest BCUT2D eigenvalue weighted by Crippen LogP contribution is 1.75. The van der Waals surface area contributed by atoms with Gasteiger partial charge in [0.05, 0.1) is 13.2 Å². The first-order chi connectivity index (χ1) is 4.41. The van der Waals surface area contributed by atoms with Crippen molar-refractivity contribution in [3.05, 3.63) is 0 Å². The van der Waals surface area contributed by atoms with Gasteiger partial charge in [0, 0.05) is 13.2 Å². The van der Waals surface area contributed by atoms with Gasteiger partial charge in [-0.3, -0.25) is 0 Å². The van der Waals surface area contributed by atoms with E-state index in [0.717, 1.165) is 0 Å². The molecule has 0 radical (unpaired) electrons. The zero-order chi connectivity index (χ0) is 6.95. The van der Waals surface area contributed by atoms with Crippen LogP contribution in [0.3, 0.4) is 0 Å². The lowest BCUT2D eigenvalue weighted by Crippen LogP contribution is -2.15. The molecule has 0 rings (SSSR count). The average Bonchev–Trinajstić information content (AvgIpc) is 1.89. The van der Waals surface area contributed by atoms with Crippen molar-refractivity contribution in [2.24, 2.45) is 0 Å². The van der Waals surface area contributed by atoms with Gasteiger partial charge >= 0.3 is 0 Å². The van der Waals surface area contributed by atoms with Crippen molar-refractivity contribution in [3.8, 4) is 0 Å². The monoisotopic (exact) mass is 133 g/mol. The summed E-state index contributed by atoms with van der Waals surface area (Å²) in [5.41, 5.74) is 0. The first kappa shape index (κ1) is 8.88. The van der Waals surface area contributed by atoms with Crippen LogP contribution in [0.4, 0.5) is 0 Å². The molecule has 0 aromatic carbocycles. The van der Waals surface area contributed by atoms with Crippen molar-refractivity contribution in [1.29, 1.82) is 0 Å². The summed E-state index contributed by atoms with van der Waals surface area (Å²) in [4.78, 5) is 0. The maximum absolute atomic E-state index is 9.80. The van der Waals surface area contributed by atoms with Crippen LogP contribution in [-0.4, -0.2) is 33.0 Å². The molecule has 0 heterocycles. The summed E-state index contributed by atoms with van der Waals surface area (Å²) in [7, 11) is 0. The zero-order valence-corrected chi connectivity index (χ0v) is 5.76. The lowest BCUT2D eigenvalue weighted by Gasteiger charge is -2.04. The number of ether oxygens (including phenoxy) is 2. The molecular weight excluding hydrogens is 120 g/mol. The molecule has 3 nitrogen and oxygen atoms in total. The van der Waals surface area contributed by atoms with Gasteiger partial charge in [-0.05, 0) is 6.92 Å². The minimum Gasteiger partial charge on any atom is -0.853 e. The molecule has 0 amide bonds. The summed E-state index contributed by atoms with van der Waals surface area (Å²) in [5.74, 6) is 0. The topological polar surface area (TPSA) is 41.5 Å². The van der Waals surface area contributed by atoms with Gasteiger partial charge in [-0.1, -0.05) is 0 Å². The molecule has 0 N–H and O–H groups in total. The third kappa shape index (κ3) is 7.88. The van der Waals surface area contributed by atoms with Gasteiger partial charge in [0.2, 0.25) is 0 Å².